The maximum absolute atomic E-state index is 12.9. The lowest BCUT2D eigenvalue weighted by atomic mass is 10.0. The highest BCUT2D eigenvalue weighted by atomic mass is 16.5. The van der Waals surface area contributed by atoms with Crippen LogP contribution in [0.3, 0.4) is 0 Å². The molecule has 0 radical (unpaired) electrons. The second kappa shape index (κ2) is 18.3. The predicted octanol–water partition coefficient (Wildman–Crippen LogP) is 9.49. The Balaban J connectivity index is 0.000000169. The van der Waals surface area contributed by atoms with Gasteiger partial charge in [-0.25, -0.2) is 0 Å². The molecule has 2 aliphatic carbocycles. The third kappa shape index (κ3) is 8.76. The van der Waals surface area contributed by atoms with E-state index in [9.17, 15) is 9.59 Å². The van der Waals surface area contributed by atoms with Gasteiger partial charge in [-0.2, -0.15) is 0 Å². The van der Waals surface area contributed by atoms with E-state index in [1.807, 2.05) is 72.8 Å². The molecule has 8 nitrogen and oxygen atoms in total. The number of carbonyl (C=O) groups excluding carboxylic acids is 2. The number of benzene rings is 4. The number of fused-ring (bicyclic) bond motifs is 6. The van der Waals surface area contributed by atoms with Crippen LogP contribution in [0.15, 0.2) is 72.8 Å². The molecule has 2 saturated heterocycles. The minimum atomic E-state index is 0.0569. The van der Waals surface area contributed by atoms with E-state index in [0.717, 1.165) is 102 Å². The fraction of sp³-hybridized carbons (Fsp3) is 0.447. The number of ketones is 2. The molecule has 4 aromatic rings. The Labute approximate surface area is 326 Å². The Kier molecular flexibility index (Phi) is 12.9. The molecule has 0 N–H and O–H groups in total. The van der Waals surface area contributed by atoms with Gasteiger partial charge < -0.3 is 18.9 Å². The number of ether oxygens (including phenoxy) is 4. The van der Waals surface area contributed by atoms with E-state index in [1.54, 1.807) is 0 Å². The lowest BCUT2D eigenvalue weighted by Gasteiger charge is -2.32. The molecule has 0 bridgehead atoms. The molecule has 1 unspecified atom stereocenters. The van der Waals surface area contributed by atoms with Crippen LogP contribution in [0.2, 0.25) is 0 Å². The van der Waals surface area contributed by atoms with Crippen LogP contribution < -0.4 is 18.9 Å². The average molecular weight is 745 g/mol. The van der Waals surface area contributed by atoms with Crippen molar-refractivity contribution in [2.45, 2.75) is 78.2 Å². The molecule has 0 amide bonds. The van der Waals surface area contributed by atoms with Crippen molar-refractivity contribution in [1.82, 2.24) is 9.80 Å². The zero-order valence-corrected chi connectivity index (χ0v) is 32.9. The molecule has 4 aliphatic rings. The van der Waals surface area contributed by atoms with Crippen LogP contribution >= 0.6 is 0 Å². The van der Waals surface area contributed by atoms with Crippen molar-refractivity contribution in [3.05, 3.63) is 95.1 Å². The van der Waals surface area contributed by atoms with Crippen LogP contribution in [0, 0.1) is 0 Å². The van der Waals surface area contributed by atoms with Crippen LogP contribution in [0.5, 0.6) is 23.0 Å². The molecule has 2 fully saturated rings. The highest BCUT2D eigenvalue weighted by Gasteiger charge is 2.31. The summed E-state index contributed by atoms with van der Waals surface area (Å²) in [6.07, 6.45) is 9.67. The Morgan fingerprint density at radius 3 is 1.58 bits per heavy atom. The van der Waals surface area contributed by atoms with Crippen molar-refractivity contribution < 1.29 is 28.5 Å². The van der Waals surface area contributed by atoms with Crippen LogP contribution in [0.25, 0.3) is 22.3 Å². The Morgan fingerprint density at radius 1 is 0.545 bits per heavy atom. The van der Waals surface area contributed by atoms with Gasteiger partial charge in [-0.15, -0.1) is 0 Å². The molecule has 8 rings (SSSR count). The highest BCUT2D eigenvalue weighted by molar-refractivity contribution is 6.23. The minimum Gasteiger partial charge on any atom is -0.494 e. The molecule has 55 heavy (non-hydrogen) atoms. The third-order valence-corrected chi connectivity index (χ3v) is 11.1. The second-order valence-electron chi connectivity index (χ2n) is 15.1. The van der Waals surface area contributed by atoms with Crippen molar-refractivity contribution in [2.75, 3.05) is 59.2 Å². The maximum atomic E-state index is 12.9. The lowest BCUT2D eigenvalue weighted by molar-refractivity contribution is 0.103. The molecule has 0 spiro atoms. The number of nitrogens with zero attached hydrogens (tertiary/aromatic N) is 2. The summed E-state index contributed by atoms with van der Waals surface area (Å²) in [6, 6.07) is 23.5. The molecule has 1 atom stereocenters. The van der Waals surface area contributed by atoms with Gasteiger partial charge in [-0.05, 0) is 131 Å². The number of rotatable bonds is 14. The molecule has 0 aromatic heterocycles. The van der Waals surface area contributed by atoms with Crippen LogP contribution in [-0.2, 0) is 0 Å². The monoisotopic (exact) mass is 744 g/mol. The van der Waals surface area contributed by atoms with Gasteiger partial charge in [0.2, 0.25) is 0 Å². The summed E-state index contributed by atoms with van der Waals surface area (Å²) in [5.74, 6) is 3.23. The molecule has 2 aliphatic heterocycles. The Bertz CT molecular complexity index is 1960. The van der Waals surface area contributed by atoms with Crippen LogP contribution in [0.1, 0.15) is 104 Å². The van der Waals surface area contributed by atoms with Crippen molar-refractivity contribution in [1.29, 1.82) is 0 Å². The summed E-state index contributed by atoms with van der Waals surface area (Å²) < 4.78 is 23.8. The van der Waals surface area contributed by atoms with E-state index >= 15 is 0 Å². The van der Waals surface area contributed by atoms with Gasteiger partial charge in [0.1, 0.15) is 36.2 Å². The normalized spacial score (nSPS) is 16.6. The number of likely N-dealkylation sites (tertiary alicyclic amines) is 2. The first-order valence-corrected chi connectivity index (χ1v) is 20.6. The lowest BCUT2D eigenvalue weighted by Crippen LogP contribution is -2.40. The SMILES string of the molecule is CCCOc1ccc2c(c1)C(=O)c1cccc(OCC(C)N3CCCCC3)c1-2.CCCOc1ccc2c(c1)C(=O)c1cccc(OCCN3CCCCC3)c1-2. The second-order valence-corrected chi connectivity index (χ2v) is 15.1. The van der Waals surface area contributed by atoms with E-state index in [4.69, 9.17) is 18.9 Å². The first-order valence-electron chi connectivity index (χ1n) is 20.6. The number of piperidine rings is 2. The number of carbonyl (C=O) groups is 2. The largest absolute Gasteiger partial charge is 0.494 e. The van der Waals surface area contributed by atoms with Crippen molar-refractivity contribution in [3.8, 4) is 45.3 Å². The van der Waals surface area contributed by atoms with Crippen LogP contribution in [-0.4, -0.2) is 86.6 Å². The molecule has 0 saturated carbocycles. The van der Waals surface area contributed by atoms with Gasteiger partial charge in [-0.3, -0.25) is 19.4 Å². The summed E-state index contributed by atoms with van der Waals surface area (Å²) in [5, 5.41) is 0. The van der Waals surface area contributed by atoms with E-state index in [-0.39, 0.29) is 11.6 Å². The van der Waals surface area contributed by atoms with E-state index in [0.29, 0.717) is 43.6 Å². The predicted molar refractivity (Wildman–Crippen MR) is 218 cm³/mol. The smallest absolute Gasteiger partial charge is 0.194 e. The van der Waals surface area contributed by atoms with E-state index in [2.05, 4.69) is 30.6 Å². The summed E-state index contributed by atoms with van der Waals surface area (Å²) >= 11 is 0. The fourth-order valence-corrected chi connectivity index (χ4v) is 8.15. The van der Waals surface area contributed by atoms with E-state index in [1.165, 1.54) is 38.5 Å². The fourth-order valence-electron chi connectivity index (χ4n) is 8.15. The minimum absolute atomic E-state index is 0.0569. The quantitative estimate of drug-likeness (QED) is 0.109. The molecule has 290 valence electrons. The van der Waals surface area contributed by atoms with Crippen molar-refractivity contribution >= 4 is 11.6 Å². The molecule has 4 aromatic carbocycles. The average Bonchev–Trinajstić information content (AvgIpc) is 3.69. The van der Waals surface area contributed by atoms with Crippen molar-refractivity contribution in [3.63, 3.8) is 0 Å². The zero-order chi connectivity index (χ0) is 38.1. The summed E-state index contributed by atoms with van der Waals surface area (Å²) in [7, 11) is 0. The van der Waals surface area contributed by atoms with Gasteiger partial charge in [0.05, 0.1) is 13.2 Å². The number of hydrogen-bond acceptors (Lipinski definition) is 8. The third-order valence-electron chi connectivity index (χ3n) is 11.1. The number of hydrogen-bond donors (Lipinski definition) is 0. The molecular formula is C47H56N2O6. The van der Waals surface area contributed by atoms with Gasteiger partial charge in [-0.1, -0.05) is 51.0 Å². The van der Waals surface area contributed by atoms with Gasteiger partial charge >= 0.3 is 0 Å². The molecular weight excluding hydrogens is 689 g/mol. The van der Waals surface area contributed by atoms with Gasteiger partial charge in [0.15, 0.2) is 11.6 Å². The van der Waals surface area contributed by atoms with Crippen molar-refractivity contribution in [2.24, 2.45) is 0 Å². The van der Waals surface area contributed by atoms with Gasteiger partial charge in [0.25, 0.3) is 0 Å². The molecule has 2 heterocycles. The Morgan fingerprint density at radius 2 is 1.05 bits per heavy atom. The Hall–Kier alpha value is -4.66. The topological polar surface area (TPSA) is 77.5 Å². The van der Waals surface area contributed by atoms with Gasteiger partial charge in [0, 0.05) is 46.0 Å². The maximum Gasteiger partial charge on any atom is 0.194 e. The van der Waals surface area contributed by atoms with E-state index < -0.39 is 0 Å². The first kappa shape index (κ1) is 38.6. The first-order chi connectivity index (χ1) is 27.0. The standard InChI is InChI=1S/C24H29NO3.C23H27NO3/c1-3-14-27-18-10-11-19-21(15-18)24(26)20-8-7-9-22(23(19)20)28-16-17(2)25-12-5-4-6-13-25;1-2-14-26-17-9-10-18-20(16-17)23(25)19-7-6-8-21(22(18)19)27-15-13-24-11-4-3-5-12-24/h7-11,15,17H,3-6,12-14,16H2,1-2H3;6-10,16H,2-5,11-15H2,1H3. The summed E-state index contributed by atoms with van der Waals surface area (Å²) in [4.78, 5) is 30.8. The zero-order valence-electron chi connectivity index (χ0n) is 32.9. The summed E-state index contributed by atoms with van der Waals surface area (Å²) in [5.41, 5.74) is 6.64. The molecule has 8 heteroatoms. The summed E-state index contributed by atoms with van der Waals surface area (Å²) in [6.45, 7) is 14.5. The highest BCUT2D eigenvalue weighted by Crippen LogP contribution is 2.45. The van der Waals surface area contributed by atoms with Crippen LogP contribution in [0.4, 0.5) is 0 Å².